The lowest BCUT2D eigenvalue weighted by Gasteiger charge is -2.17. The number of pyridine rings is 1. The largest absolute Gasteiger partial charge is 0.481 e. The zero-order valence-corrected chi connectivity index (χ0v) is 40.7. The molecule has 8 N–H and O–H groups in total. The molecule has 4 aromatic carbocycles. The van der Waals surface area contributed by atoms with Crippen molar-refractivity contribution in [3.05, 3.63) is 158 Å². The van der Waals surface area contributed by atoms with Crippen molar-refractivity contribution in [2.75, 3.05) is 21.5 Å². The van der Waals surface area contributed by atoms with Crippen LogP contribution in [-0.4, -0.2) is 87.9 Å². The minimum absolute atomic E-state index is 0.00583. The molecule has 0 atom stereocenters. The Labute approximate surface area is 423 Å². The summed E-state index contributed by atoms with van der Waals surface area (Å²) in [4.78, 5) is 78.1. The summed E-state index contributed by atoms with van der Waals surface area (Å²) in [6.45, 7) is 0. The third kappa shape index (κ3) is 13.9. The summed E-state index contributed by atoms with van der Waals surface area (Å²) in [5.41, 5.74) is 6.66. The maximum absolute atomic E-state index is 13.6. The number of allylic oxidation sites excluding steroid dienone is 2. The number of nitrogens with zero attached hydrogens (tertiary/aromatic N) is 3. The van der Waals surface area contributed by atoms with E-state index in [2.05, 4.69) is 36.7 Å². The summed E-state index contributed by atoms with van der Waals surface area (Å²) in [7, 11) is -10.0. The van der Waals surface area contributed by atoms with Crippen LogP contribution in [0.2, 0.25) is 0 Å². The molecule has 2 aliphatic rings. The molecular formula is C51H47N7O14S2. The van der Waals surface area contributed by atoms with E-state index >= 15 is 0 Å². The van der Waals surface area contributed by atoms with E-state index in [9.17, 15) is 54.7 Å². The number of Topliss-reactive ketones (excluding diaryl/α,β-unsaturated/α-hetero) is 2. The van der Waals surface area contributed by atoms with Crippen LogP contribution in [0.5, 0.6) is 0 Å². The zero-order chi connectivity index (χ0) is 53.2. The highest BCUT2D eigenvalue weighted by Crippen LogP contribution is 2.30. The minimum atomic E-state index is -5.00. The van der Waals surface area contributed by atoms with Crippen LogP contribution in [0.4, 0.5) is 22.7 Å². The summed E-state index contributed by atoms with van der Waals surface area (Å²) in [5, 5.41) is 30.8. The fourth-order valence-electron chi connectivity index (χ4n) is 7.81. The lowest BCUT2D eigenvalue weighted by atomic mass is 9.94. The van der Waals surface area contributed by atoms with Crippen molar-refractivity contribution in [1.82, 2.24) is 4.98 Å². The first-order chi connectivity index (χ1) is 35.2. The molecule has 2 amide bonds. The van der Waals surface area contributed by atoms with Crippen LogP contribution < -0.4 is 21.5 Å². The fourth-order valence-corrected chi connectivity index (χ4v) is 9.13. The number of fused-ring (bicyclic) bond motifs is 2. The van der Waals surface area contributed by atoms with Crippen LogP contribution in [0.1, 0.15) is 115 Å². The summed E-state index contributed by atoms with van der Waals surface area (Å²) in [5.74, 6) is -4.99. The van der Waals surface area contributed by atoms with Gasteiger partial charge in [-0.25, -0.2) is 4.98 Å². The van der Waals surface area contributed by atoms with E-state index in [4.69, 9.17) is 10.2 Å². The van der Waals surface area contributed by atoms with Gasteiger partial charge < -0.3 is 20.8 Å². The smallest absolute Gasteiger partial charge is 0.303 e. The number of carboxylic acid groups (broad SMARTS) is 2. The van der Waals surface area contributed by atoms with Gasteiger partial charge in [-0.1, -0.05) is 43.2 Å². The number of unbranched alkanes of at least 4 members (excludes halogenated alkanes) is 4. The predicted molar refractivity (Wildman–Crippen MR) is 275 cm³/mol. The van der Waals surface area contributed by atoms with Crippen LogP contribution >= 0.6 is 0 Å². The Balaban J connectivity index is 0.993. The molecule has 0 saturated heterocycles. The molecular weight excluding hydrogens is 999 g/mol. The van der Waals surface area contributed by atoms with Crippen molar-refractivity contribution in [1.29, 1.82) is 0 Å². The van der Waals surface area contributed by atoms with Crippen molar-refractivity contribution in [2.45, 2.75) is 64.2 Å². The number of nitrogens with one attached hydrogen (secondary N) is 4. The molecule has 0 spiro atoms. The number of anilines is 4. The molecule has 0 radical (unpaired) electrons. The van der Waals surface area contributed by atoms with Crippen LogP contribution in [0.3, 0.4) is 0 Å². The standard InChI is InChI=1S/C51H47N7O14S2/c59-44(60)12-5-1-3-8-30-14-18-34(19-15-30)55-57-46-42(73(67,68)69)28-32-26-36(22-24-38(32)48(46)63)52-50(65)40-10-7-11-41(54-40)51(66)53-37-23-25-39-33(27-37)29-43(74(70,71)72)47(49(39)64)58-56-35-20-16-31(17-21-35)9-4-2-6-13-45(61)62/h7,10-11,14-29,55-56H,1-6,8-9,12-13H2,(H,52,65)(H,53,66)(H,59,60)(H,61,62)(H,67,68,69)(H,70,71,72)/b57-46-,58-47-. The highest BCUT2D eigenvalue weighted by molar-refractivity contribution is 7.91. The van der Waals surface area contributed by atoms with Gasteiger partial charge in [-0.15, -0.1) is 0 Å². The number of carbonyl (C=O) groups is 6. The molecule has 5 aromatic rings. The summed E-state index contributed by atoms with van der Waals surface area (Å²) < 4.78 is 70.3. The van der Waals surface area contributed by atoms with Gasteiger partial charge in [0.2, 0.25) is 11.6 Å². The van der Waals surface area contributed by atoms with Crippen LogP contribution in [0.25, 0.3) is 12.2 Å². The molecule has 21 nitrogen and oxygen atoms in total. The first kappa shape index (κ1) is 53.3. The molecule has 74 heavy (non-hydrogen) atoms. The van der Waals surface area contributed by atoms with Crippen LogP contribution in [0, 0.1) is 0 Å². The maximum Gasteiger partial charge on any atom is 0.303 e. The third-order valence-corrected chi connectivity index (χ3v) is 13.3. The van der Waals surface area contributed by atoms with Gasteiger partial charge in [0.1, 0.15) is 21.2 Å². The number of ketones is 2. The van der Waals surface area contributed by atoms with Crippen molar-refractivity contribution in [2.24, 2.45) is 10.2 Å². The van der Waals surface area contributed by atoms with E-state index in [0.717, 1.165) is 49.0 Å². The zero-order valence-electron chi connectivity index (χ0n) is 39.1. The van der Waals surface area contributed by atoms with E-state index in [0.29, 0.717) is 37.1 Å². The number of rotatable bonds is 22. The van der Waals surface area contributed by atoms with Crippen LogP contribution in [0.15, 0.2) is 123 Å². The Morgan fingerprint density at radius 2 is 0.878 bits per heavy atom. The first-order valence-corrected chi connectivity index (χ1v) is 25.8. The molecule has 0 saturated carbocycles. The number of aliphatic carboxylic acids is 2. The van der Waals surface area contributed by atoms with Crippen molar-refractivity contribution >= 4 is 102 Å². The van der Waals surface area contributed by atoms with Crippen molar-refractivity contribution < 1.29 is 64.9 Å². The Morgan fingerprint density at radius 1 is 0.500 bits per heavy atom. The monoisotopic (exact) mass is 1050 g/mol. The molecule has 23 heteroatoms. The van der Waals surface area contributed by atoms with E-state index in [1.807, 2.05) is 0 Å². The van der Waals surface area contributed by atoms with E-state index in [1.165, 1.54) is 54.6 Å². The van der Waals surface area contributed by atoms with Gasteiger partial charge in [0.25, 0.3) is 32.1 Å². The number of carboxylic acids is 2. The van der Waals surface area contributed by atoms with Crippen molar-refractivity contribution in [3.63, 3.8) is 0 Å². The summed E-state index contributed by atoms with van der Waals surface area (Å²) in [6, 6.07) is 25.8. The van der Waals surface area contributed by atoms with Gasteiger partial charge in [0.05, 0.1) is 11.4 Å². The average molecular weight is 1050 g/mol. The minimum Gasteiger partial charge on any atom is -0.481 e. The van der Waals surface area contributed by atoms with E-state index < -0.39 is 76.8 Å². The lowest BCUT2D eigenvalue weighted by molar-refractivity contribution is -0.138. The summed E-state index contributed by atoms with van der Waals surface area (Å²) >= 11 is 0. The maximum atomic E-state index is 13.6. The van der Waals surface area contributed by atoms with Gasteiger partial charge in [-0.05, 0) is 146 Å². The van der Waals surface area contributed by atoms with E-state index in [-0.39, 0.29) is 57.9 Å². The molecule has 0 unspecified atom stereocenters. The Morgan fingerprint density at radius 3 is 1.24 bits per heavy atom. The van der Waals surface area contributed by atoms with Gasteiger partial charge in [0.15, 0.2) is 11.4 Å². The predicted octanol–water partition coefficient (Wildman–Crippen LogP) is 7.75. The number of carbonyl (C=O) groups excluding carboxylic acids is 4. The Hall–Kier alpha value is -8.51. The van der Waals surface area contributed by atoms with Gasteiger partial charge >= 0.3 is 11.9 Å². The molecule has 0 aliphatic heterocycles. The molecule has 0 fully saturated rings. The molecule has 382 valence electrons. The second-order valence-electron chi connectivity index (χ2n) is 17.0. The molecule has 1 heterocycles. The SMILES string of the molecule is O=C(O)CCCCCc1ccc(N/N=C2\C(=O)c3ccc(NC(=O)c4cccc(C(=O)Nc5ccc6c(c5)C=C(S(=O)(=O)O)/C(=N/Nc5ccc(CCCCCC(=O)O)cc5)C6=O)n4)cc3C=C2S(=O)(=O)O)cc1. The topological polar surface area (TPSA) is 337 Å². The number of aromatic nitrogens is 1. The highest BCUT2D eigenvalue weighted by Gasteiger charge is 2.35. The van der Waals surface area contributed by atoms with Gasteiger partial charge in [-0.2, -0.15) is 27.0 Å². The van der Waals surface area contributed by atoms with Gasteiger partial charge in [0, 0.05) is 35.3 Å². The number of aryl methyl sites for hydroxylation is 2. The highest BCUT2D eigenvalue weighted by atomic mass is 32.2. The van der Waals surface area contributed by atoms with Gasteiger partial charge in [-0.3, -0.25) is 48.7 Å². The number of hydrazone groups is 2. The lowest BCUT2D eigenvalue weighted by Crippen LogP contribution is -2.27. The fraction of sp³-hybridized carbons (Fsp3) is 0.196. The molecule has 0 bridgehead atoms. The average Bonchev–Trinajstić information content (AvgIpc) is 3.35. The number of benzene rings is 4. The molecule has 2 aliphatic carbocycles. The van der Waals surface area contributed by atoms with Crippen molar-refractivity contribution in [3.8, 4) is 0 Å². The third-order valence-electron chi connectivity index (χ3n) is 11.6. The van der Waals surface area contributed by atoms with E-state index in [1.54, 1.807) is 48.5 Å². The normalized spacial score (nSPS) is 14.4. The number of amides is 2. The Bertz CT molecular complexity index is 3200. The molecule has 1 aromatic heterocycles. The second kappa shape index (κ2) is 23.4. The second-order valence-corrected chi connectivity index (χ2v) is 19.8. The Kier molecular flexibility index (Phi) is 16.8. The number of hydrogen-bond donors (Lipinski definition) is 8. The summed E-state index contributed by atoms with van der Waals surface area (Å²) in [6.07, 6.45) is 7.86. The first-order valence-electron chi connectivity index (χ1n) is 22.9. The number of hydrogen-bond acceptors (Lipinski definition) is 15. The quantitative estimate of drug-likeness (QED) is 0.0186. The van der Waals surface area contributed by atoms with Crippen LogP contribution in [-0.2, 0) is 42.7 Å². The molecule has 7 rings (SSSR count).